The van der Waals surface area contributed by atoms with E-state index in [4.69, 9.17) is 0 Å². The fourth-order valence-corrected chi connectivity index (χ4v) is 2.27. The molecule has 0 amide bonds. The maximum absolute atomic E-state index is 4.34. The van der Waals surface area contributed by atoms with Crippen LogP contribution in [0.2, 0.25) is 0 Å². The van der Waals surface area contributed by atoms with E-state index in [1.807, 2.05) is 10.9 Å². The van der Waals surface area contributed by atoms with Crippen molar-refractivity contribution in [2.45, 2.75) is 72.9 Å². The first kappa shape index (κ1) is 16.2. The fourth-order valence-electron chi connectivity index (χ4n) is 2.27. The summed E-state index contributed by atoms with van der Waals surface area (Å²) < 4.78 is 1.99. The Balaban J connectivity index is 2.37. The molecular weight excluding hydrogens is 234 g/mol. The van der Waals surface area contributed by atoms with E-state index >= 15 is 0 Å². The lowest BCUT2D eigenvalue weighted by atomic mass is 9.86. The van der Waals surface area contributed by atoms with Crippen LogP contribution in [0.3, 0.4) is 0 Å². The zero-order valence-electron chi connectivity index (χ0n) is 13.4. The molecule has 0 fully saturated rings. The molecule has 0 bridgehead atoms. The topological polar surface area (TPSA) is 29.9 Å². The van der Waals surface area contributed by atoms with Crippen LogP contribution in [0.4, 0.5) is 0 Å². The van der Waals surface area contributed by atoms with Gasteiger partial charge in [0, 0.05) is 30.9 Å². The van der Waals surface area contributed by atoms with Crippen LogP contribution in [-0.2, 0) is 6.54 Å². The largest absolute Gasteiger partial charge is 0.310 e. The Labute approximate surface area is 118 Å². The molecule has 0 saturated carbocycles. The van der Waals surface area contributed by atoms with E-state index in [2.05, 4.69) is 51.2 Å². The lowest BCUT2D eigenvalue weighted by Crippen LogP contribution is -2.31. The number of unbranched alkanes of at least 4 members (excludes halogenated alkanes) is 2. The van der Waals surface area contributed by atoms with Crippen molar-refractivity contribution in [1.29, 1.82) is 0 Å². The van der Waals surface area contributed by atoms with Gasteiger partial charge >= 0.3 is 0 Å². The Morgan fingerprint density at radius 2 is 2.05 bits per heavy atom. The van der Waals surface area contributed by atoms with Crippen LogP contribution >= 0.6 is 0 Å². The normalized spacial score (nSPS) is 13.7. The number of hydrogen-bond acceptors (Lipinski definition) is 2. The van der Waals surface area contributed by atoms with E-state index in [1.54, 1.807) is 0 Å². The molecule has 19 heavy (non-hydrogen) atoms. The summed E-state index contributed by atoms with van der Waals surface area (Å²) in [6, 6.07) is 0.380. The average Bonchev–Trinajstić information content (AvgIpc) is 2.85. The van der Waals surface area contributed by atoms with Crippen molar-refractivity contribution in [2.75, 3.05) is 6.54 Å². The van der Waals surface area contributed by atoms with Gasteiger partial charge < -0.3 is 5.32 Å². The monoisotopic (exact) mass is 265 g/mol. The molecule has 0 aliphatic carbocycles. The Hall–Kier alpha value is -0.830. The minimum atomic E-state index is 0.379. The van der Waals surface area contributed by atoms with Crippen molar-refractivity contribution >= 4 is 0 Å². The second-order valence-electron chi connectivity index (χ2n) is 6.35. The molecule has 110 valence electrons. The number of nitrogens with zero attached hydrogens (tertiary/aromatic N) is 2. The molecule has 1 aromatic heterocycles. The van der Waals surface area contributed by atoms with E-state index in [0.29, 0.717) is 11.5 Å². The minimum Gasteiger partial charge on any atom is -0.310 e. The molecule has 3 nitrogen and oxygen atoms in total. The molecule has 3 heteroatoms. The maximum Gasteiger partial charge on any atom is 0.0537 e. The highest BCUT2D eigenvalue weighted by atomic mass is 15.3. The van der Waals surface area contributed by atoms with E-state index in [1.165, 1.54) is 31.2 Å². The highest BCUT2D eigenvalue weighted by Crippen LogP contribution is 2.24. The zero-order chi connectivity index (χ0) is 14.3. The second kappa shape index (κ2) is 7.68. The summed E-state index contributed by atoms with van der Waals surface area (Å²) in [6.45, 7) is 13.3. The molecule has 0 aliphatic rings. The van der Waals surface area contributed by atoms with Crippen molar-refractivity contribution in [3.8, 4) is 0 Å². The Morgan fingerprint density at radius 3 is 2.63 bits per heavy atom. The van der Waals surface area contributed by atoms with Crippen molar-refractivity contribution in [1.82, 2.24) is 15.1 Å². The van der Waals surface area contributed by atoms with Crippen LogP contribution in [-0.4, -0.2) is 16.3 Å². The van der Waals surface area contributed by atoms with E-state index in [9.17, 15) is 0 Å². The summed E-state index contributed by atoms with van der Waals surface area (Å²) >= 11 is 0. The van der Waals surface area contributed by atoms with Gasteiger partial charge in [-0.2, -0.15) is 5.10 Å². The highest BCUT2D eigenvalue weighted by molar-refractivity contribution is 5.09. The van der Waals surface area contributed by atoms with Crippen LogP contribution in [0, 0.1) is 5.41 Å². The fraction of sp³-hybridized carbons (Fsp3) is 0.812. The Morgan fingerprint density at radius 1 is 1.32 bits per heavy atom. The van der Waals surface area contributed by atoms with Gasteiger partial charge in [0.1, 0.15) is 0 Å². The van der Waals surface area contributed by atoms with Gasteiger partial charge in [-0.05, 0) is 25.7 Å². The first-order valence-corrected chi connectivity index (χ1v) is 7.74. The molecule has 0 spiro atoms. The summed E-state index contributed by atoms with van der Waals surface area (Å²) in [4.78, 5) is 0. The summed E-state index contributed by atoms with van der Waals surface area (Å²) in [5.41, 5.74) is 1.66. The molecule has 0 aromatic carbocycles. The third kappa shape index (κ3) is 5.77. The molecule has 1 heterocycles. The van der Waals surface area contributed by atoms with Crippen LogP contribution < -0.4 is 5.32 Å². The third-order valence-corrected chi connectivity index (χ3v) is 3.82. The lowest BCUT2D eigenvalue weighted by Gasteiger charge is -2.27. The maximum atomic E-state index is 4.34. The van der Waals surface area contributed by atoms with Gasteiger partial charge in [-0.25, -0.2) is 0 Å². The van der Waals surface area contributed by atoms with Crippen molar-refractivity contribution in [2.24, 2.45) is 5.41 Å². The van der Waals surface area contributed by atoms with Crippen LogP contribution in [0.5, 0.6) is 0 Å². The molecular formula is C16H31N3. The number of aryl methyl sites for hydroxylation is 1. The molecule has 1 rings (SSSR count). The summed E-state index contributed by atoms with van der Waals surface area (Å²) in [5, 5.41) is 7.99. The van der Waals surface area contributed by atoms with Crippen LogP contribution in [0.25, 0.3) is 0 Å². The van der Waals surface area contributed by atoms with Gasteiger partial charge in [0.25, 0.3) is 0 Å². The quantitative estimate of drug-likeness (QED) is 0.679. The predicted molar refractivity (Wildman–Crippen MR) is 82.2 cm³/mol. The second-order valence-corrected chi connectivity index (χ2v) is 6.35. The van der Waals surface area contributed by atoms with E-state index in [-0.39, 0.29) is 0 Å². The summed E-state index contributed by atoms with van der Waals surface area (Å²) in [7, 11) is 0. The molecule has 0 aliphatic heterocycles. The smallest absolute Gasteiger partial charge is 0.0537 e. The van der Waals surface area contributed by atoms with Gasteiger partial charge in [0.05, 0.1) is 6.20 Å². The van der Waals surface area contributed by atoms with Crippen molar-refractivity contribution < 1.29 is 0 Å². The number of hydrogen-bond donors (Lipinski definition) is 1. The van der Waals surface area contributed by atoms with Crippen molar-refractivity contribution in [3.63, 3.8) is 0 Å². The average molecular weight is 265 g/mol. The molecule has 1 atom stereocenters. The zero-order valence-corrected chi connectivity index (χ0v) is 13.4. The van der Waals surface area contributed by atoms with Gasteiger partial charge in [-0.15, -0.1) is 0 Å². The highest BCUT2D eigenvalue weighted by Gasteiger charge is 2.18. The lowest BCUT2D eigenvalue weighted by molar-refractivity contribution is 0.291. The van der Waals surface area contributed by atoms with E-state index < -0.39 is 0 Å². The SMILES string of the molecule is CCCCCC(C)(C)CNC(C)c1cnn(CC)c1. The Bertz CT molecular complexity index is 355. The third-order valence-electron chi connectivity index (χ3n) is 3.82. The predicted octanol–water partition coefficient (Wildman–Crippen LogP) is 4.16. The molecule has 1 N–H and O–H groups in total. The van der Waals surface area contributed by atoms with Crippen LogP contribution in [0.15, 0.2) is 12.4 Å². The molecule has 0 saturated heterocycles. The van der Waals surface area contributed by atoms with Gasteiger partial charge in [-0.1, -0.05) is 40.0 Å². The van der Waals surface area contributed by atoms with Crippen LogP contribution in [0.1, 0.15) is 71.9 Å². The van der Waals surface area contributed by atoms with Gasteiger partial charge in [0.15, 0.2) is 0 Å². The summed E-state index contributed by atoms with van der Waals surface area (Å²) in [5.74, 6) is 0. The summed E-state index contributed by atoms with van der Waals surface area (Å²) in [6.07, 6.45) is 9.41. The molecule has 1 aromatic rings. The molecule has 1 unspecified atom stereocenters. The van der Waals surface area contributed by atoms with E-state index in [0.717, 1.165) is 13.1 Å². The first-order chi connectivity index (χ1) is 8.98. The Kier molecular flexibility index (Phi) is 6.56. The number of nitrogens with one attached hydrogen (secondary N) is 1. The minimum absolute atomic E-state index is 0.379. The molecule has 0 radical (unpaired) electrons. The van der Waals surface area contributed by atoms with Gasteiger partial charge in [-0.3, -0.25) is 4.68 Å². The first-order valence-electron chi connectivity index (χ1n) is 7.74. The van der Waals surface area contributed by atoms with Crippen molar-refractivity contribution in [3.05, 3.63) is 18.0 Å². The number of aromatic nitrogens is 2. The number of rotatable bonds is 9. The van der Waals surface area contributed by atoms with Gasteiger partial charge in [0.2, 0.25) is 0 Å². The standard InChI is InChI=1S/C16H31N3/c1-6-8-9-10-16(4,5)13-17-14(3)15-11-18-19(7-2)12-15/h11-12,14,17H,6-10,13H2,1-5H3.